The fraction of sp³-hybridized carbons (Fsp3) is 0.966. The molecule has 0 radical (unpaired) electrons. The third kappa shape index (κ3) is 28.4. The van der Waals surface area contributed by atoms with Crippen LogP contribution < -0.4 is 0 Å². The van der Waals surface area contributed by atoms with Gasteiger partial charge in [-0.2, -0.15) is 0 Å². The molecule has 1 atom stereocenters. The number of carbonyl (C=O) groups excluding carboxylic acids is 1. The van der Waals surface area contributed by atoms with E-state index in [-0.39, 0.29) is 0 Å². The molecule has 0 spiro atoms. The summed E-state index contributed by atoms with van der Waals surface area (Å²) in [6.45, 7) is 2.10. The van der Waals surface area contributed by atoms with Gasteiger partial charge in [0.1, 0.15) is 0 Å². The Morgan fingerprint density at radius 1 is 0.622 bits per heavy atom. The SMILES string of the molecule is CCCCCCCCCCCCCCCCCCCCCCCCCOC(COP(=O)(O)O)C(=O)OC. The smallest absolute Gasteiger partial charge is 0.467 e. The van der Waals surface area contributed by atoms with Gasteiger partial charge in [-0.15, -0.1) is 0 Å². The normalized spacial score (nSPS) is 12.6. The summed E-state index contributed by atoms with van der Waals surface area (Å²) in [5, 5.41) is 0. The first kappa shape index (κ1) is 36.5. The van der Waals surface area contributed by atoms with Gasteiger partial charge in [-0.05, 0) is 6.42 Å². The minimum Gasteiger partial charge on any atom is -0.467 e. The Morgan fingerprint density at radius 3 is 1.24 bits per heavy atom. The van der Waals surface area contributed by atoms with Crippen molar-refractivity contribution in [2.24, 2.45) is 0 Å². The highest BCUT2D eigenvalue weighted by Gasteiger charge is 2.25. The molecule has 0 aromatic rings. The Labute approximate surface area is 228 Å². The summed E-state index contributed by atoms with van der Waals surface area (Å²) in [7, 11) is -3.44. The van der Waals surface area contributed by atoms with Crippen molar-refractivity contribution in [1.82, 2.24) is 0 Å². The largest absolute Gasteiger partial charge is 0.469 e. The summed E-state index contributed by atoms with van der Waals surface area (Å²) in [5.74, 6) is -0.692. The first-order valence-electron chi connectivity index (χ1n) is 15.3. The lowest BCUT2D eigenvalue weighted by Gasteiger charge is -2.16. The van der Waals surface area contributed by atoms with Gasteiger partial charge >= 0.3 is 13.8 Å². The number of hydrogen-bond acceptors (Lipinski definition) is 5. The molecule has 0 heterocycles. The van der Waals surface area contributed by atoms with Crippen molar-refractivity contribution in [1.29, 1.82) is 0 Å². The number of carbonyl (C=O) groups is 1. The second-order valence-electron chi connectivity index (χ2n) is 10.4. The lowest BCUT2D eigenvalue weighted by Crippen LogP contribution is -2.30. The van der Waals surface area contributed by atoms with Crippen LogP contribution in [0.25, 0.3) is 0 Å². The quantitative estimate of drug-likeness (QED) is 0.0546. The molecule has 0 fully saturated rings. The fourth-order valence-electron chi connectivity index (χ4n) is 4.59. The first-order valence-corrected chi connectivity index (χ1v) is 16.8. The Hall–Kier alpha value is -0.460. The van der Waals surface area contributed by atoms with Crippen LogP contribution in [0, 0.1) is 0 Å². The topological polar surface area (TPSA) is 102 Å². The van der Waals surface area contributed by atoms with Gasteiger partial charge in [-0.25, -0.2) is 9.36 Å². The van der Waals surface area contributed by atoms with Crippen LogP contribution >= 0.6 is 7.82 Å². The van der Waals surface area contributed by atoms with Crippen LogP contribution in [0.5, 0.6) is 0 Å². The lowest BCUT2D eigenvalue weighted by atomic mass is 10.0. The molecule has 222 valence electrons. The molecule has 37 heavy (non-hydrogen) atoms. The van der Waals surface area contributed by atoms with Crippen LogP contribution in [-0.2, 0) is 23.4 Å². The highest BCUT2D eigenvalue weighted by atomic mass is 31.2. The summed E-state index contributed by atoms with van der Waals surface area (Å²) in [4.78, 5) is 29.1. The van der Waals surface area contributed by atoms with E-state index in [1.807, 2.05) is 0 Å². The molecular formula is C29H59O7P. The molecule has 7 nitrogen and oxygen atoms in total. The molecule has 0 bridgehead atoms. The van der Waals surface area contributed by atoms with Crippen molar-refractivity contribution in [3.63, 3.8) is 0 Å². The minimum atomic E-state index is -4.64. The van der Waals surface area contributed by atoms with E-state index in [0.29, 0.717) is 6.61 Å². The number of hydrogen-bond donors (Lipinski definition) is 2. The molecule has 1 unspecified atom stereocenters. The number of phosphoric acid groups is 1. The molecular weight excluding hydrogens is 491 g/mol. The van der Waals surface area contributed by atoms with Gasteiger partial charge in [-0.1, -0.05) is 148 Å². The van der Waals surface area contributed by atoms with Crippen molar-refractivity contribution in [2.75, 3.05) is 20.3 Å². The molecule has 2 N–H and O–H groups in total. The van der Waals surface area contributed by atoms with Crippen LogP contribution in [-0.4, -0.2) is 42.2 Å². The number of esters is 1. The van der Waals surface area contributed by atoms with E-state index in [0.717, 1.165) is 19.3 Å². The highest BCUT2D eigenvalue weighted by molar-refractivity contribution is 7.46. The number of phosphoric ester groups is 1. The van der Waals surface area contributed by atoms with Gasteiger partial charge in [0, 0.05) is 6.61 Å². The Morgan fingerprint density at radius 2 is 0.946 bits per heavy atom. The Balaban J connectivity index is 3.32. The third-order valence-corrected chi connectivity index (χ3v) is 7.41. The van der Waals surface area contributed by atoms with E-state index in [1.54, 1.807) is 0 Å². The fourth-order valence-corrected chi connectivity index (χ4v) is 4.92. The van der Waals surface area contributed by atoms with Gasteiger partial charge in [0.15, 0.2) is 6.10 Å². The van der Waals surface area contributed by atoms with E-state index in [9.17, 15) is 9.36 Å². The molecule has 0 aromatic heterocycles. The molecule has 0 amide bonds. The number of rotatable bonds is 29. The van der Waals surface area contributed by atoms with Crippen LogP contribution in [0.15, 0.2) is 0 Å². The maximum absolute atomic E-state index is 11.6. The zero-order chi connectivity index (χ0) is 27.5. The number of unbranched alkanes of at least 4 members (excludes halogenated alkanes) is 22. The molecule has 0 aliphatic rings. The zero-order valence-corrected chi connectivity index (χ0v) is 25.0. The molecule has 0 aromatic carbocycles. The molecule has 0 saturated carbocycles. The minimum absolute atomic E-state index is 0.337. The lowest BCUT2D eigenvalue weighted by molar-refractivity contribution is -0.156. The standard InChI is InChI=1S/C29H59O7P/c1-3-4-5-6-7-8-9-10-11-12-13-14-15-16-17-18-19-20-21-22-23-24-25-26-35-28(29(30)34-2)27-36-37(31,32)33/h28H,3-27H2,1-2H3,(H2,31,32,33). The van der Waals surface area contributed by atoms with Gasteiger partial charge in [0.2, 0.25) is 0 Å². The summed E-state index contributed by atoms with van der Waals surface area (Å²) in [6, 6.07) is 0. The van der Waals surface area contributed by atoms with Crippen LogP contribution in [0.3, 0.4) is 0 Å². The van der Waals surface area contributed by atoms with E-state index in [1.165, 1.54) is 136 Å². The second kappa shape index (κ2) is 27.1. The zero-order valence-electron chi connectivity index (χ0n) is 24.1. The van der Waals surface area contributed by atoms with Gasteiger partial charge in [0.05, 0.1) is 13.7 Å². The van der Waals surface area contributed by atoms with E-state index in [2.05, 4.69) is 16.2 Å². The average molecular weight is 551 g/mol. The van der Waals surface area contributed by atoms with Crippen molar-refractivity contribution in [3.05, 3.63) is 0 Å². The molecule has 8 heteroatoms. The first-order chi connectivity index (χ1) is 17.9. The summed E-state index contributed by atoms with van der Waals surface area (Å²) < 4.78 is 25.1. The predicted molar refractivity (Wildman–Crippen MR) is 152 cm³/mol. The van der Waals surface area contributed by atoms with Crippen molar-refractivity contribution in [3.8, 4) is 0 Å². The molecule has 0 aliphatic carbocycles. The van der Waals surface area contributed by atoms with Crippen LogP contribution in [0.4, 0.5) is 0 Å². The number of methoxy groups -OCH3 is 1. The van der Waals surface area contributed by atoms with Crippen LogP contribution in [0.2, 0.25) is 0 Å². The summed E-state index contributed by atoms with van der Waals surface area (Å²) >= 11 is 0. The Kier molecular flexibility index (Phi) is 26.8. The van der Waals surface area contributed by atoms with Crippen molar-refractivity contribution in [2.45, 2.75) is 161 Å². The van der Waals surface area contributed by atoms with E-state index in [4.69, 9.17) is 14.5 Å². The number of ether oxygens (including phenoxy) is 2. The summed E-state index contributed by atoms with van der Waals surface area (Å²) in [6.07, 6.45) is 29.6. The highest BCUT2D eigenvalue weighted by Crippen LogP contribution is 2.35. The van der Waals surface area contributed by atoms with Gasteiger partial charge in [0.25, 0.3) is 0 Å². The molecule has 0 saturated heterocycles. The second-order valence-corrected chi connectivity index (χ2v) is 11.7. The maximum Gasteiger partial charge on any atom is 0.469 e. The molecule has 0 rings (SSSR count). The molecule has 0 aliphatic heterocycles. The van der Waals surface area contributed by atoms with Gasteiger partial charge in [-0.3, -0.25) is 4.52 Å². The van der Waals surface area contributed by atoms with Crippen LogP contribution in [0.1, 0.15) is 155 Å². The average Bonchev–Trinajstić information content (AvgIpc) is 2.87. The monoisotopic (exact) mass is 550 g/mol. The maximum atomic E-state index is 11.6. The van der Waals surface area contributed by atoms with Gasteiger partial charge < -0.3 is 19.3 Å². The predicted octanol–water partition coefficient (Wildman–Crippen LogP) is 8.65. The van der Waals surface area contributed by atoms with Crippen molar-refractivity contribution >= 4 is 13.8 Å². The third-order valence-electron chi connectivity index (χ3n) is 6.93. The Bertz CT molecular complexity index is 538. The van der Waals surface area contributed by atoms with E-state index >= 15 is 0 Å². The van der Waals surface area contributed by atoms with E-state index < -0.39 is 26.5 Å². The summed E-state index contributed by atoms with van der Waals surface area (Å²) in [5.41, 5.74) is 0. The van der Waals surface area contributed by atoms with Crippen molar-refractivity contribution < 1.29 is 33.1 Å².